The van der Waals surface area contributed by atoms with Gasteiger partial charge in [0, 0.05) is 30.7 Å². The fourth-order valence-corrected chi connectivity index (χ4v) is 2.78. The molecule has 128 valence electrons. The third-order valence-electron chi connectivity index (χ3n) is 4.21. The highest BCUT2D eigenvalue weighted by molar-refractivity contribution is 5.57. The van der Waals surface area contributed by atoms with E-state index in [1.165, 1.54) is 0 Å². The van der Waals surface area contributed by atoms with E-state index in [-0.39, 0.29) is 0 Å². The van der Waals surface area contributed by atoms with E-state index >= 15 is 0 Å². The van der Waals surface area contributed by atoms with Crippen molar-refractivity contribution < 1.29 is 9.47 Å². The lowest BCUT2D eigenvalue weighted by atomic mass is 10.0. The second kappa shape index (κ2) is 8.11. The molecular weight excluding hydrogens is 302 g/mol. The van der Waals surface area contributed by atoms with E-state index in [0.717, 1.165) is 67.9 Å². The zero-order valence-electron chi connectivity index (χ0n) is 14.4. The predicted molar refractivity (Wildman–Crippen MR) is 94.9 cm³/mol. The summed E-state index contributed by atoms with van der Waals surface area (Å²) in [6.45, 7) is 6.48. The minimum absolute atomic E-state index is 0.605. The average molecular weight is 327 g/mol. The summed E-state index contributed by atoms with van der Waals surface area (Å²) in [7, 11) is 0. The summed E-state index contributed by atoms with van der Waals surface area (Å²) in [5, 5.41) is 3.33. The van der Waals surface area contributed by atoms with Crippen LogP contribution >= 0.6 is 0 Å². The largest absolute Gasteiger partial charge is 0.493 e. The Morgan fingerprint density at radius 2 is 1.92 bits per heavy atom. The summed E-state index contributed by atoms with van der Waals surface area (Å²) in [5.41, 5.74) is 2.04. The lowest BCUT2D eigenvalue weighted by Gasteiger charge is -2.22. The molecule has 5 heteroatoms. The van der Waals surface area contributed by atoms with Gasteiger partial charge in [0.1, 0.15) is 17.4 Å². The van der Waals surface area contributed by atoms with Gasteiger partial charge >= 0.3 is 0 Å². The van der Waals surface area contributed by atoms with Crippen molar-refractivity contribution in [2.45, 2.75) is 33.1 Å². The van der Waals surface area contributed by atoms with E-state index in [1.807, 2.05) is 37.3 Å². The third kappa shape index (κ3) is 4.68. The van der Waals surface area contributed by atoms with Crippen molar-refractivity contribution in [3.63, 3.8) is 0 Å². The molecule has 0 radical (unpaired) electrons. The fraction of sp³-hybridized carbons (Fsp3) is 0.474. The molecule has 3 rings (SSSR count). The molecule has 0 aliphatic carbocycles. The van der Waals surface area contributed by atoms with Gasteiger partial charge in [0.25, 0.3) is 0 Å². The van der Waals surface area contributed by atoms with Crippen LogP contribution in [0.25, 0.3) is 0 Å². The zero-order chi connectivity index (χ0) is 16.8. The summed E-state index contributed by atoms with van der Waals surface area (Å²) in [5.74, 6) is 3.12. The van der Waals surface area contributed by atoms with Gasteiger partial charge in [-0.05, 0) is 56.4 Å². The smallest absolute Gasteiger partial charge is 0.134 e. The van der Waals surface area contributed by atoms with Crippen LogP contribution in [-0.2, 0) is 11.2 Å². The van der Waals surface area contributed by atoms with Crippen LogP contribution < -0.4 is 10.1 Å². The van der Waals surface area contributed by atoms with Crippen molar-refractivity contribution in [3.8, 4) is 5.75 Å². The quantitative estimate of drug-likeness (QED) is 0.872. The van der Waals surface area contributed by atoms with Gasteiger partial charge in [0.05, 0.1) is 6.61 Å². The van der Waals surface area contributed by atoms with E-state index in [9.17, 15) is 0 Å². The molecule has 2 aromatic rings. The number of aromatic nitrogens is 2. The van der Waals surface area contributed by atoms with Gasteiger partial charge in [0.15, 0.2) is 0 Å². The molecule has 24 heavy (non-hydrogen) atoms. The van der Waals surface area contributed by atoms with Gasteiger partial charge < -0.3 is 14.8 Å². The molecule has 5 nitrogen and oxygen atoms in total. The van der Waals surface area contributed by atoms with Gasteiger partial charge in [0.2, 0.25) is 0 Å². The number of hydrogen-bond donors (Lipinski definition) is 1. The van der Waals surface area contributed by atoms with Crippen LogP contribution in [-0.4, -0.2) is 29.8 Å². The number of ether oxygens (including phenoxy) is 2. The van der Waals surface area contributed by atoms with Gasteiger partial charge in [-0.2, -0.15) is 0 Å². The van der Waals surface area contributed by atoms with Crippen LogP contribution in [0.2, 0.25) is 0 Å². The van der Waals surface area contributed by atoms with Crippen LogP contribution in [0.3, 0.4) is 0 Å². The summed E-state index contributed by atoms with van der Waals surface area (Å²) >= 11 is 0. The van der Waals surface area contributed by atoms with Crippen molar-refractivity contribution in [2.75, 3.05) is 25.1 Å². The molecule has 1 fully saturated rings. The Labute approximate surface area is 143 Å². The molecule has 0 unspecified atom stereocenters. The highest BCUT2D eigenvalue weighted by Gasteiger charge is 2.14. The van der Waals surface area contributed by atoms with Crippen LogP contribution in [0.1, 0.15) is 31.3 Å². The standard InChI is InChI=1S/C19H25N3O2/c1-3-16-12-19(21-14(2)20-16)22-17-4-6-18(7-5-17)24-13-15-8-10-23-11-9-15/h4-7,12,15H,3,8-11,13H2,1-2H3,(H,20,21,22). The van der Waals surface area contributed by atoms with E-state index in [0.29, 0.717) is 5.92 Å². The molecule has 1 N–H and O–H groups in total. The van der Waals surface area contributed by atoms with E-state index in [1.54, 1.807) is 0 Å². The first kappa shape index (κ1) is 16.7. The van der Waals surface area contributed by atoms with Crippen molar-refractivity contribution in [1.82, 2.24) is 9.97 Å². The summed E-state index contributed by atoms with van der Waals surface area (Å²) in [6.07, 6.45) is 3.08. The number of nitrogens with one attached hydrogen (secondary N) is 1. The fourth-order valence-electron chi connectivity index (χ4n) is 2.78. The normalized spacial score (nSPS) is 15.2. The van der Waals surface area contributed by atoms with Gasteiger partial charge in [-0.3, -0.25) is 0 Å². The summed E-state index contributed by atoms with van der Waals surface area (Å²) < 4.78 is 11.3. The summed E-state index contributed by atoms with van der Waals surface area (Å²) in [4.78, 5) is 8.83. The van der Waals surface area contributed by atoms with Crippen molar-refractivity contribution in [3.05, 3.63) is 41.9 Å². The predicted octanol–water partition coefficient (Wildman–Crippen LogP) is 3.90. The molecule has 1 aliphatic heterocycles. The monoisotopic (exact) mass is 327 g/mol. The molecule has 0 spiro atoms. The average Bonchev–Trinajstić information content (AvgIpc) is 2.61. The maximum absolute atomic E-state index is 5.90. The van der Waals surface area contributed by atoms with Crippen molar-refractivity contribution >= 4 is 11.5 Å². The molecule has 1 saturated heterocycles. The topological polar surface area (TPSA) is 56.3 Å². The van der Waals surface area contributed by atoms with Gasteiger partial charge in [-0.1, -0.05) is 6.92 Å². The number of hydrogen-bond acceptors (Lipinski definition) is 5. The van der Waals surface area contributed by atoms with Crippen LogP contribution in [0.15, 0.2) is 30.3 Å². The maximum atomic E-state index is 5.90. The third-order valence-corrected chi connectivity index (χ3v) is 4.21. The molecular formula is C19H25N3O2. The van der Waals surface area contributed by atoms with Crippen molar-refractivity contribution in [1.29, 1.82) is 0 Å². The van der Waals surface area contributed by atoms with Gasteiger partial charge in [-0.15, -0.1) is 0 Å². The van der Waals surface area contributed by atoms with E-state index in [4.69, 9.17) is 9.47 Å². The molecule has 1 aromatic carbocycles. The molecule has 0 saturated carbocycles. The Morgan fingerprint density at radius 1 is 1.17 bits per heavy atom. The highest BCUT2D eigenvalue weighted by Crippen LogP contribution is 2.21. The molecule has 1 aromatic heterocycles. The molecule has 0 bridgehead atoms. The Balaban J connectivity index is 1.57. The molecule has 2 heterocycles. The van der Waals surface area contributed by atoms with Crippen LogP contribution in [0.5, 0.6) is 5.75 Å². The van der Waals surface area contributed by atoms with E-state index < -0.39 is 0 Å². The number of anilines is 2. The number of nitrogens with zero attached hydrogens (tertiary/aromatic N) is 2. The second-order valence-electron chi connectivity index (χ2n) is 6.16. The van der Waals surface area contributed by atoms with Crippen LogP contribution in [0, 0.1) is 12.8 Å². The Kier molecular flexibility index (Phi) is 5.64. The van der Waals surface area contributed by atoms with Crippen LogP contribution in [0.4, 0.5) is 11.5 Å². The lowest BCUT2D eigenvalue weighted by Crippen LogP contribution is -2.21. The zero-order valence-corrected chi connectivity index (χ0v) is 14.4. The first-order valence-corrected chi connectivity index (χ1v) is 8.65. The molecule has 0 atom stereocenters. The Morgan fingerprint density at radius 3 is 2.62 bits per heavy atom. The number of aryl methyl sites for hydroxylation is 2. The Hall–Kier alpha value is -2.14. The highest BCUT2D eigenvalue weighted by atomic mass is 16.5. The lowest BCUT2D eigenvalue weighted by molar-refractivity contribution is 0.0497. The van der Waals surface area contributed by atoms with Crippen molar-refractivity contribution in [2.24, 2.45) is 5.92 Å². The SMILES string of the molecule is CCc1cc(Nc2ccc(OCC3CCOCC3)cc2)nc(C)n1. The number of rotatable bonds is 6. The molecule has 0 amide bonds. The first-order valence-electron chi connectivity index (χ1n) is 8.65. The Bertz CT molecular complexity index is 652. The second-order valence-corrected chi connectivity index (χ2v) is 6.16. The number of benzene rings is 1. The van der Waals surface area contributed by atoms with Gasteiger partial charge in [-0.25, -0.2) is 9.97 Å². The maximum Gasteiger partial charge on any atom is 0.134 e. The molecule has 1 aliphatic rings. The minimum Gasteiger partial charge on any atom is -0.493 e. The minimum atomic E-state index is 0.605. The van der Waals surface area contributed by atoms with E-state index in [2.05, 4.69) is 22.2 Å². The first-order chi connectivity index (χ1) is 11.7. The summed E-state index contributed by atoms with van der Waals surface area (Å²) in [6, 6.07) is 10.0.